The molecule has 3 aliphatic rings. The van der Waals surface area contributed by atoms with Crippen LogP contribution in [0.3, 0.4) is 0 Å². The summed E-state index contributed by atoms with van der Waals surface area (Å²) in [6, 6.07) is 0. The van der Waals surface area contributed by atoms with Crippen molar-refractivity contribution in [3.05, 3.63) is 36.1 Å². The highest BCUT2D eigenvalue weighted by Crippen LogP contribution is 2.41. The molecule has 3 nitrogen and oxygen atoms in total. The normalized spacial score (nSPS) is 30.1. The second-order valence-corrected chi connectivity index (χ2v) is 6.07. The fourth-order valence-electron chi connectivity index (χ4n) is 3.39. The molecule has 0 saturated heterocycles. The fraction of sp³-hybridized carbons (Fsp3) is 0.529. The highest BCUT2D eigenvalue weighted by atomic mass is 35.5. The molecule has 0 N–H and O–H groups in total. The molecule has 0 bridgehead atoms. The van der Waals surface area contributed by atoms with E-state index in [1.807, 2.05) is 12.3 Å². The molecule has 0 fully saturated rings. The zero-order valence-electron chi connectivity index (χ0n) is 12.5. The molecule has 2 heterocycles. The van der Waals surface area contributed by atoms with Crippen molar-refractivity contribution in [2.24, 2.45) is 9.98 Å². The van der Waals surface area contributed by atoms with Crippen LogP contribution in [0.5, 0.6) is 0 Å². The van der Waals surface area contributed by atoms with Crippen LogP contribution in [0.4, 0.5) is 0 Å². The van der Waals surface area contributed by atoms with Gasteiger partial charge in [-0.15, -0.1) is 11.6 Å². The largest absolute Gasteiger partial charge is 0.268 e. The second-order valence-electron chi connectivity index (χ2n) is 5.69. The van der Waals surface area contributed by atoms with Crippen LogP contribution in [0, 0.1) is 0 Å². The Labute approximate surface area is 131 Å². The van der Waals surface area contributed by atoms with Gasteiger partial charge in [0.05, 0.1) is 11.4 Å². The Morgan fingerprint density at radius 1 is 1.33 bits per heavy atom. The van der Waals surface area contributed by atoms with E-state index < -0.39 is 0 Å². The lowest BCUT2D eigenvalue weighted by Gasteiger charge is -2.41. The summed E-state index contributed by atoms with van der Waals surface area (Å²) in [5, 5.41) is 0. The maximum atomic E-state index is 5.94. The zero-order valence-corrected chi connectivity index (χ0v) is 13.3. The van der Waals surface area contributed by atoms with Crippen LogP contribution >= 0.6 is 11.6 Å². The smallest absolute Gasteiger partial charge is 0.126 e. The number of allylic oxidation sites excluding steroid dienone is 3. The van der Waals surface area contributed by atoms with Crippen molar-refractivity contribution in [3.8, 4) is 0 Å². The minimum Gasteiger partial charge on any atom is -0.268 e. The van der Waals surface area contributed by atoms with Gasteiger partial charge in [-0.25, -0.2) is 0 Å². The van der Waals surface area contributed by atoms with Crippen molar-refractivity contribution in [2.45, 2.75) is 44.3 Å². The first kappa shape index (κ1) is 14.7. The molecular weight excluding hydrogens is 282 g/mol. The number of hydrogen-bond acceptors (Lipinski definition) is 3. The van der Waals surface area contributed by atoms with Crippen molar-refractivity contribution in [1.29, 1.82) is 0 Å². The highest BCUT2D eigenvalue weighted by molar-refractivity contribution is 6.17. The van der Waals surface area contributed by atoms with E-state index in [4.69, 9.17) is 16.6 Å². The standard InChI is InChI=1S/C17H22ClN3/c1-2-3-9-16-20-15-8-4-7-14-17(15,10-5-12-19-14)21(16)13-6-11-18/h4-5,7-8,10,12,16H,2-3,6,9,11,13H2,1H3. The van der Waals surface area contributed by atoms with Gasteiger partial charge in [-0.05, 0) is 31.1 Å². The Bertz CT molecular complexity index is 544. The summed E-state index contributed by atoms with van der Waals surface area (Å²) >= 11 is 5.94. The molecule has 2 aliphatic heterocycles. The number of halogens is 1. The summed E-state index contributed by atoms with van der Waals surface area (Å²) in [5.41, 5.74) is 1.96. The minimum absolute atomic E-state index is 0.243. The predicted octanol–water partition coefficient (Wildman–Crippen LogP) is 3.72. The highest BCUT2D eigenvalue weighted by Gasteiger charge is 2.50. The first-order valence-corrected chi connectivity index (χ1v) is 8.38. The van der Waals surface area contributed by atoms with Crippen molar-refractivity contribution in [2.75, 3.05) is 12.4 Å². The van der Waals surface area contributed by atoms with Gasteiger partial charge in [-0.1, -0.05) is 31.9 Å². The third-order valence-electron chi connectivity index (χ3n) is 4.38. The van der Waals surface area contributed by atoms with E-state index in [0.717, 1.165) is 30.8 Å². The molecular formula is C17H22ClN3. The number of nitrogens with zero attached hydrogens (tertiary/aromatic N) is 3. The van der Waals surface area contributed by atoms with Crippen molar-refractivity contribution >= 4 is 23.5 Å². The van der Waals surface area contributed by atoms with Gasteiger partial charge in [-0.2, -0.15) is 0 Å². The van der Waals surface area contributed by atoms with Gasteiger partial charge in [0.15, 0.2) is 0 Å². The van der Waals surface area contributed by atoms with Gasteiger partial charge < -0.3 is 0 Å². The van der Waals surface area contributed by atoms with Crippen molar-refractivity contribution < 1.29 is 0 Å². The number of rotatable bonds is 6. The van der Waals surface area contributed by atoms with Crippen LogP contribution in [0.1, 0.15) is 32.6 Å². The van der Waals surface area contributed by atoms with Crippen molar-refractivity contribution in [3.63, 3.8) is 0 Å². The maximum Gasteiger partial charge on any atom is 0.126 e. The third kappa shape index (κ3) is 2.43. The van der Waals surface area contributed by atoms with Gasteiger partial charge in [-0.3, -0.25) is 14.9 Å². The lowest BCUT2D eigenvalue weighted by Crippen LogP contribution is -2.54. The van der Waals surface area contributed by atoms with E-state index in [0.29, 0.717) is 5.88 Å². The molecule has 1 aliphatic carbocycles. The Balaban J connectivity index is 1.96. The number of hydrogen-bond donors (Lipinski definition) is 0. The second kappa shape index (κ2) is 6.29. The van der Waals surface area contributed by atoms with Gasteiger partial charge >= 0.3 is 0 Å². The van der Waals surface area contributed by atoms with Crippen LogP contribution in [-0.4, -0.2) is 41.0 Å². The molecule has 21 heavy (non-hydrogen) atoms. The average molecular weight is 304 g/mol. The third-order valence-corrected chi connectivity index (χ3v) is 4.64. The molecule has 0 amide bonds. The topological polar surface area (TPSA) is 28.0 Å². The zero-order chi connectivity index (χ0) is 14.7. The summed E-state index contributed by atoms with van der Waals surface area (Å²) in [6.07, 6.45) is 17.2. The van der Waals surface area contributed by atoms with E-state index in [1.54, 1.807) is 0 Å². The molecule has 0 aromatic carbocycles. The molecule has 0 aromatic heterocycles. The Hall–Kier alpha value is -1.19. The number of alkyl halides is 1. The Morgan fingerprint density at radius 3 is 3.05 bits per heavy atom. The first-order chi connectivity index (χ1) is 10.3. The van der Waals surface area contributed by atoms with E-state index in [1.165, 1.54) is 12.8 Å². The molecule has 3 rings (SSSR count). The molecule has 1 spiro atoms. The summed E-state index contributed by atoms with van der Waals surface area (Å²) < 4.78 is 0. The summed E-state index contributed by atoms with van der Waals surface area (Å²) in [4.78, 5) is 12.1. The lowest BCUT2D eigenvalue weighted by atomic mass is 9.83. The summed E-state index contributed by atoms with van der Waals surface area (Å²) in [5.74, 6) is 0.685. The van der Waals surface area contributed by atoms with E-state index >= 15 is 0 Å². The molecule has 0 aromatic rings. The number of dihydropyridines is 1. The molecule has 4 heteroatoms. The van der Waals surface area contributed by atoms with E-state index in [-0.39, 0.29) is 11.7 Å². The molecule has 2 atom stereocenters. The average Bonchev–Trinajstić information content (AvgIpc) is 2.82. The van der Waals surface area contributed by atoms with Crippen molar-refractivity contribution in [1.82, 2.24) is 4.90 Å². The van der Waals surface area contributed by atoms with Crippen LogP contribution in [0.25, 0.3) is 0 Å². The minimum atomic E-state index is -0.256. The van der Waals surface area contributed by atoms with Crippen LogP contribution in [0.2, 0.25) is 0 Å². The number of aliphatic imine (C=N–C) groups is 2. The Morgan fingerprint density at radius 2 is 2.24 bits per heavy atom. The monoisotopic (exact) mass is 303 g/mol. The van der Waals surface area contributed by atoms with Gasteiger partial charge in [0, 0.05) is 18.6 Å². The van der Waals surface area contributed by atoms with Crippen LogP contribution in [0.15, 0.2) is 46.1 Å². The van der Waals surface area contributed by atoms with E-state index in [9.17, 15) is 0 Å². The van der Waals surface area contributed by atoms with Gasteiger partial charge in [0.25, 0.3) is 0 Å². The lowest BCUT2D eigenvalue weighted by molar-refractivity contribution is 0.162. The molecule has 112 valence electrons. The SMILES string of the molecule is CCCCC1N=C2C=CC=C3N=CC=CC32N1CCCCl. The van der Waals surface area contributed by atoms with E-state index in [2.05, 4.69) is 41.1 Å². The molecule has 0 saturated carbocycles. The molecule has 2 unspecified atom stereocenters. The quantitative estimate of drug-likeness (QED) is 0.687. The fourth-order valence-corrected chi connectivity index (χ4v) is 3.51. The van der Waals surface area contributed by atoms with Gasteiger partial charge in [0.1, 0.15) is 11.7 Å². The maximum absolute atomic E-state index is 5.94. The van der Waals surface area contributed by atoms with Gasteiger partial charge in [0.2, 0.25) is 0 Å². The first-order valence-electron chi connectivity index (χ1n) is 7.84. The predicted molar refractivity (Wildman–Crippen MR) is 90.4 cm³/mol. The Kier molecular flexibility index (Phi) is 4.41. The molecule has 0 radical (unpaired) electrons. The number of unbranched alkanes of at least 4 members (excludes halogenated alkanes) is 1. The van der Waals surface area contributed by atoms with Crippen LogP contribution in [-0.2, 0) is 0 Å². The van der Waals surface area contributed by atoms with Crippen LogP contribution < -0.4 is 0 Å². The summed E-state index contributed by atoms with van der Waals surface area (Å²) in [6.45, 7) is 3.18. The summed E-state index contributed by atoms with van der Waals surface area (Å²) in [7, 11) is 0.